The van der Waals surface area contributed by atoms with E-state index in [9.17, 15) is 9.59 Å². The lowest BCUT2D eigenvalue weighted by molar-refractivity contribution is -0.114. The van der Waals surface area contributed by atoms with E-state index >= 15 is 0 Å². The number of hydrogen-bond donors (Lipinski definition) is 1. The normalized spacial score (nSPS) is 15.7. The SMILES string of the molecule is CC(=O)Nc1ccc(C(=O)N2CCCSC2=Nc2ccc(C)c(Cl)c2)cc1. The number of benzene rings is 2. The molecule has 2 aromatic carbocycles. The molecule has 0 aliphatic carbocycles. The summed E-state index contributed by atoms with van der Waals surface area (Å²) in [6.45, 7) is 4.01. The zero-order valence-electron chi connectivity index (χ0n) is 15.2. The lowest BCUT2D eigenvalue weighted by Gasteiger charge is -2.28. The van der Waals surface area contributed by atoms with E-state index < -0.39 is 0 Å². The number of hydrogen-bond acceptors (Lipinski definition) is 4. The molecule has 0 saturated carbocycles. The number of amidine groups is 1. The van der Waals surface area contributed by atoms with Gasteiger partial charge in [0, 0.05) is 35.5 Å². The van der Waals surface area contributed by atoms with Crippen LogP contribution in [0.25, 0.3) is 0 Å². The third-order valence-electron chi connectivity index (χ3n) is 4.07. The minimum absolute atomic E-state index is 0.103. The number of carbonyl (C=O) groups is 2. The van der Waals surface area contributed by atoms with Gasteiger partial charge in [-0.1, -0.05) is 29.4 Å². The van der Waals surface area contributed by atoms with Crippen molar-refractivity contribution in [1.29, 1.82) is 0 Å². The first kappa shape index (κ1) is 19.5. The maximum Gasteiger partial charge on any atom is 0.259 e. The molecule has 5 nitrogen and oxygen atoms in total. The van der Waals surface area contributed by atoms with Gasteiger partial charge in [-0.25, -0.2) is 4.99 Å². The lowest BCUT2D eigenvalue weighted by atomic mass is 10.1. The van der Waals surface area contributed by atoms with Crippen LogP contribution in [0.3, 0.4) is 0 Å². The quantitative estimate of drug-likeness (QED) is 0.797. The fourth-order valence-electron chi connectivity index (χ4n) is 2.66. The summed E-state index contributed by atoms with van der Waals surface area (Å²) in [6, 6.07) is 12.5. The van der Waals surface area contributed by atoms with E-state index in [1.807, 2.05) is 25.1 Å². The first-order valence-electron chi connectivity index (χ1n) is 8.61. The maximum absolute atomic E-state index is 13.0. The molecule has 0 radical (unpaired) electrons. The predicted octanol–water partition coefficient (Wildman–Crippen LogP) is 4.87. The second kappa shape index (κ2) is 8.59. The van der Waals surface area contributed by atoms with Crippen LogP contribution in [0.1, 0.15) is 29.3 Å². The molecule has 1 heterocycles. The van der Waals surface area contributed by atoms with E-state index in [-0.39, 0.29) is 11.8 Å². The van der Waals surface area contributed by atoms with E-state index in [4.69, 9.17) is 11.6 Å². The fraction of sp³-hybridized carbons (Fsp3) is 0.250. The Labute approximate surface area is 167 Å². The van der Waals surface area contributed by atoms with Crippen LogP contribution < -0.4 is 5.32 Å². The average molecular weight is 402 g/mol. The van der Waals surface area contributed by atoms with Gasteiger partial charge in [0.2, 0.25) is 5.91 Å². The molecule has 0 unspecified atom stereocenters. The predicted molar refractivity (Wildman–Crippen MR) is 112 cm³/mol. The molecule has 2 amide bonds. The smallest absolute Gasteiger partial charge is 0.259 e. The topological polar surface area (TPSA) is 61.8 Å². The van der Waals surface area contributed by atoms with E-state index in [1.165, 1.54) is 6.92 Å². The van der Waals surface area contributed by atoms with Crippen molar-refractivity contribution in [2.75, 3.05) is 17.6 Å². The molecule has 1 aliphatic heterocycles. The van der Waals surface area contributed by atoms with Crippen molar-refractivity contribution < 1.29 is 9.59 Å². The number of aliphatic imine (C=N–C) groups is 1. The van der Waals surface area contributed by atoms with Crippen molar-refractivity contribution in [2.24, 2.45) is 4.99 Å². The first-order chi connectivity index (χ1) is 12.9. The van der Waals surface area contributed by atoms with Crippen molar-refractivity contribution >= 4 is 51.7 Å². The summed E-state index contributed by atoms with van der Waals surface area (Å²) in [4.78, 5) is 30.5. The van der Waals surface area contributed by atoms with Crippen molar-refractivity contribution in [2.45, 2.75) is 20.3 Å². The highest BCUT2D eigenvalue weighted by Crippen LogP contribution is 2.27. The van der Waals surface area contributed by atoms with Gasteiger partial charge < -0.3 is 5.32 Å². The third kappa shape index (κ3) is 4.90. The van der Waals surface area contributed by atoms with Crippen LogP contribution in [-0.4, -0.2) is 34.2 Å². The van der Waals surface area contributed by atoms with Gasteiger partial charge >= 0.3 is 0 Å². The highest BCUT2D eigenvalue weighted by molar-refractivity contribution is 8.13. The first-order valence-corrected chi connectivity index (χ1v) is 9.97. The number of nitrogens with one attached hydrogen (secondary N) is 1. The summed E-state index contributed by atoms with van der Waals surface area (Å²) >= 11 is 7.76. The van der Waals surface area contributed by atoms with Gasteiger partial charge in [0.05, 0.1) is 5.69 Å². The Balaban J connectivity index is 1.83. The standard InChI is InChI=1S/C20H20ClN3O2S/c1-13-4-7-17(12-18(13)21)23-20-24(10-3-11-27-20)19(26)15-5-8-16(9-6-15)22-14(2)25/h4-9,12H,3,10-11H2,1-2H3,(H,22,25). The molecule has 1 saturated heterocycles. The molecule has 27 heavy (non-hydrogen) atoms. The third-order valence-corrected chi connectivity index (χ3v) is 5.54. The van der Waals surface area contributed by atoms with Gasteiger partial charge in [-0.3, -0.25) is 14.5 Å². The Hall–Kier alpha value is -2.31. The monoisotopic (exact) mass is 401 g/mol. The van der Waals surface area contributed by atoms with Gasteiger partial charge in [-0.15, -0.1) is 0 Å². The second-order valence-corrected chi connectivity index (χ2v) is 7.71. The summed E-state index contributed by atoms with van der Waals surface area (Å²) in [7, 11) is 0. The number of rotatable bonds is 3. The van der Waals surface area contributed by atoms with E-state index in [0.717, 1.165) is 23.4 Å². The maximum atomic E-state index is 13.0. The Morgan fingerprint density at radius 2 is 1.93 bits per heavy atom. The van der Waals surface area contributed by atoms with Crippen LogP contribution in [-0.2, 0) is 4.79 Å². The van der Waals surface area contributed by atoms with Gasteiger partial charge in [0.15, 0.2) is 5.17 Å². The molecular formula is C20H20ClN3O2S. The molecule has 140 valence electrons. The average Bonchev–Trinajstić information content (AvgIpc) is 2.65. The molecule has 3 rings (SSSR count). The molecule has 0 bridgehead atoms. The summed E-state index contributed by atoms with van der Waals surface area (Å²) in [5.41, 5.74) is 2.94. The van der Waals surface area contributed by atoms with Gasteiger partial charge in [0.1, 0.15) is 0 Å². The molecule has 0 atom stereocenters. The number of halogens is 1. The molecular weight excluding hydrogens is 382 g/mol. The number of nitrogens with zero attached hydrogens (tertiary/aromatic N) is 2. The summed E-state index contributed by atoms with van der Waals surface area (Å²) < 4.78 is 0. The minimum Gasteiger partial charge on any atom is -0.326 e. The summed E-state index contributed by atoms with van der Waals surface area (Å²) in [6.07, 6.45) is 0.911. The van der Waals surface area contributed by atoms with E-state index in [2.05, 4.69) is 10.3 Å². The Morgan fingerprint density at radius 3 is 2.59 bits per heavy atom. The zero-order chi connectivity index (χ0) is 19.4. The van der Waals surface area contributed by atoms with Crippen molar-refractivity contribution in [3.05, 3.63) is 58.6 Å². The number of thioether (sulfide) groups is 1. The van der Waals surface area contributed by atoms with Crippen LogP contribution in [0.15, 0.2) is 47.5 Å². The van der Waals surface area contributed by atoms with E-state index in [0.29, 0.717) is 28.0 Å². The fourth-order valence-corrected chi connectivity index (χ4v) is 3.79. The molecule has 7 heteroatoms. The number of aryl methyl sites for hydroxylation is 1. The van der Waals surface area contributed by atoms with Crippen LogP contribution in [0.5, 0.6) is 0 Å². The molecule has 1 aliphatic rings. The Kier molecular flexibility index (Phi) is 6.19. The largest absolute Gasteiger partial charge is 0.326 e. The van der Waals surface area contributed by atoms with E-state index in [1.54, 1.807) is 40.9 Å². The van der Waals surface area contributed by atoms with Crippen molar-refractivity contribution in [1.82, 2.24) is 4.90 Å². The molecule has 0 aromatic heterocycles. The number of anilines is 1. The van der Waals surface area contributed by atoms with Crippen molar-refractivity contribution in [3.63, 3.8) is 0 Å². The van der Waals surface area contributed by atoms with Gasteiger partial charge in [-0.05, 0) is 55.3 Å². The molecule has 0 spiro atoms. The number of amides is 2. The Bertz CT molecular complexity index is 897. The van der Waals surface area contributed by atoms with Gasteiger partial charge in [0.25, 0.3) is 5.91 Å². The lowest BCUT2D eigenvalue weighted by Crippen LogP contribution is -2.39. The summed E-state index contributed by atoms with van der Waals surface area (Å²) in [5.74, 6) is 0.671. The van der Waals surface area contributed by atoms with Gasteiger partial charge in [-0.2, -0.15) is 0 Å². The van der Waals surface area contributed by atoms with Crippen LogP contribution in [0.2, 0.25) is 5.02 Å². The highest BCUT2D eigenvalue weighted by Gasteiger charge is 2.25. The molecule has 1 N–H and O–H groups in total. The highest BCUT2D eigenvalue weighted by atomic mass is 35.5. The second-order valence-electron chi connectivity index (χ2n) is 6.25. The van der Waals surface area contributed by atoms with Crippen LogP contribution >= 0.6 is 23.4 Å². The van der Waals surface area contributed by atoms with Crippen molar-refractivity contribution in [3.8, 4) is 0 Å². The molecule has 2 aromatic rings. The van der Waals surface area contributed by atoms with Crippen LogP contribution in [0, 0.1) is 6.92 Å². The molecule has 1 fully saturated rings. The number of carbonyl (C=O) groups excluding carboxylic acids is 2. The zero-order valence-corrected chi connectivity index (χ0v) is 16.7. The Morgan fingerprint density at radius 1 is 1.19 bits per heavy atom. The summed E-state index contributed by atoms with van der Waals surface area (Å²) in [5, 5.41) is 4.03. The van der Waals surface area contributed by atoms with Crippen LogP contribution in [0.4, 0.5) is 11.4 Å². The minimum atomic E-state index is -0.146.